The summed E-state index contributed by atoms with van der Waals surface area (Å²) in [6, 6.07) is 0.591. The zero-order chi connectivity index (χ0) is 10.1. The molecular weight excluding hydrogens is 291 g/mol. The van der Waals surface area contributed by atoms with Gasteiger partial charge in [-0.1, -0.05) is 0 Å². The number of halogens is 1. The molecule has 5 heteroatoms. The molecule has 0 bridgehead atoms. The third kappa shape index (κ3) is 1.83. The second-order valence-corrected chi connectivity index (χ2v) is 4.83. The normalized spacial score (nSPS) is 26.9. The summed E-state index contributed by atoms with van der Waals surface area (Å²) >= 11 is 2.20. The van der Waals surface area contributed by atoms with E-state index in [1.807, 2.05) is 12.4 Å². The van der Waals surface area contributed by atoms with Gasteiger partial charge in [0, 0.05) is 34.6 Å². The molecule has 0 aromatic carbocycles. The molecule has 1 saturated heterocycles. The molecule has 0 spiro atoms. The third-order valence-corrected chi connectivity index (χ3v) is 3.24. The summed E-state index contributed by atoms with van der Waals surface area (Å²) in [5.74, 6) is 0.797. The van der Waals surface area contributed by atoms with Crippen LogP contribution in [0.3, 0.4) is 0 Å². The second kappa shape index (κ2) is 3.98. The van der Waals surface area contributed by atoms with Crippen molar-refractivity contribution in [2.45, 2.75) is 25.4 Å². The summed E-state index contributed by atoms with van der Waals surface area (Å²) in [4.78, 5) is 10.8. The molecule has 2 heterocycles. The number of hydrogen-bond acceptors (Lipinski definition) is 4. The molecule has 2 N–H and O–H groups in total. The van der Waals surface area contributed by atoms with Crippen LogP contribution in [0.25, 0.3) is 0 Å². The first kappa shape index (κ1) is 10.1. The van der Waals surface area contributed by atoms with E-state index in [-0.39, 0.29) is 6.04 Å². The summed E-state index contributed by atoms with van der Waals surface area (Å²) in [5, 5.41) is 0. The van der Waals surface area contributed by atoms with Crippen molar-refractivity contribution in [2.75, 3.05) is 11.4 Å². The van der Waals surface area contributed by atoms with Crippen molar-refractivity contribution in [3.05, 3.63) is 16.0 Å². The highest BCUT2D eigenvalue weighted by atomic mass is 127. The molecule has 0 radical (unpaired) electrons. The molecule has 76 valence electrons. The van der Waals surface area contributed by atoms with Gasteiger partial charge in [0.2, 0.25) is 5.95 Å². The lowest BCUT2D eigenvalue weighted by Crippen LogP contribution is -2.37. The van der Waals surface area contributed by atoms with Crippen LogP contribution >= 0.6 is 22.6 Å². The fraction of sp³-hybridized carbons (Fsp3) is 0.556. The molecule has 2 rings (SSSR count). The van der Waals surface area contributed by atoms with Crippen LogP contribution < -0.4 is 10.6 Å². The minimum Gasteiger partial charge on any atom is -0.337 e. The number of anilines is 1. The van der Waals surface area contributed by atoms with Crippen LogP contribution in [0.4, 0.5) is 5.95 Å². The Bertz CT molecular complexity index is 313. The largest absolute Gasteiger partial charge is 0.337 e. The molecule has 2 atom stereocenters. The topological polar surface area (TPSA) is 55.0 Å². The molecule has 0 aliphatic carbocycles. The molecule has 4 nitrogen and oxygen atoms in total. The molecule has 14 heavy (non-hydrogen) atoms. The molecule has 2 unspecified atom stereocenters. The van der Waals surface area contributed by atoms with Gasteiger partial charge in [0.15, 0.2) is 0 Å². The molecule has 1 aliphatic rings. The van der Waals surface area contributed by atoms with E-state index in [4.69, 9.17) is 5.73 Å². The van der Waals surface area contributed by atoms with Crippen molar-refractivity contribution in [2.24, 2.45) is 5.73 Å². The van der Waals surface area contributed by atoms with Gasteiger partial charge in [-0.15, -0.1) is 0 Å². The van der Waals surface area contributed by atoms with Crippen LogP contribution in [0.1, 0.15) is 13.3 Å². The highest BCUT2D eigenvalue weighted by Crippen LogP contribution is 2.20. The lowest BCUT2D eigenvalue weighted by molar-refractivity contribution is 0.618. The number of hydrogen-bond donors (Lipinski definition) is 1. The number of nitrogens with two attached hydrogens (primary N) is 1. The first-order valence-electron chi connectivity index (χ1n) is 4.68. The smallest absolute Gasteiger partial charge is 0.225 e. The van der Waals surface area contributed by atoms with Crippen LogP contribution in [-0.2, 0) is 0 Å². The minimum absolute atomic E-state index is 0.248. The Morgan fingerprint density at radius 1 is 1.50 bits per heavy atom. The Hall–Kier alpha value is -0.430. The van der Waals surface area contributed by atoms with Crippen molar-refractivity contribution in [1.29, 1.82) is 0 Å². The predicted molar refractivity (Wildman–Crippen MR) is 64.1 cm³/mol. The average molecular weight is 304 g/mol. The van der Waals surface area contributed by atoms with E-state index in [1.165, 1.54) is 0 Å². The Balaban J connectivity index is 2.19. The van der Waals surface area contributed by atoms with Gasteiger partial charge in [-0.2, -0.15) is 0 Å². The van der Waals surface area contributed by atoms with E-state index in [1.54, 1.807) is 0 Å². The van der Waals surface area contributed by atoms with Crippen molar-refractivity contribution in [3.8, 4) is 0 Å². The van der Waals surface area contributed by atoms with Gasteiger partial charge in [0.05, 0.1) is 0 Å². The van der Waals surface area contributed by atoms with Crippen LogP contribution in [0.5, 0.6) is 0 Å². The van der Waals surface area contributed by atoms with Gasteiger partial charge < -0.3 is 10.6 Å². The van der Waals surface area contributed by atoms with Crippen molar-refractivity contribution < 1.29 is 0 Å². The van der Waals surface area contributed by atoms with E-state index in [0.717, 1.165) is 22.5 Å². The molecule has 0 amide bonds. The van der Waals surface area contributed by atoms with E-state index < -0.39 is 0 Å². The Labute approximate surface area is 97.1 Å². The molecular formula is C9H13IN4. The van der Waals surface area contributed by atoms with Gasteiger partial charge >= 0.3 is 0 Å². The standard InChI is InChI=1S/C9H13IN4/c1-6-8(11)2-3-14(6)9-12-4-7(10)5-13-9/h4-6,8H,2-3,11H2,1H3. The monoisotopic (exact) mass is 304 g/mol. The molecule has 1 aliphatic heterocycles. The van der Waals surface area contributed by atoms with E-state index >= 15 is 0 Å². The van der Waals surface area contributed by atoms with Crippen LogP contribution in [-0.4, -0.2) is 28.6 Å². The fourth-order valence-corrected chi connectivity index (χ4v) is 1.98. The minimum atomic E-state index is 0.248. The van der Waals surface area contributed by atoms with Gasteiger partial charge in [-0.05, 0) is 35.9 Å². The van der Waals surface area contributed by atoms with E-state index in [0.29, 0.717) is 6.04 Å². The zero-order valence-corrected chi connectivity index (χ0v) is 10.2. The molecule has 1 aromatic rings. The maximum absolute atomic E-state index is 5.94. The fourth-order valence-electron chi connectivity index (χ4n) is 1.70. The van der Waals surface area contributed by atoms with Crippen molar-refractivity contribution in [1.82, 2.24) is 9.97 Å². The summed E-state index contributed by atoms with van der Waals surface area (Å²) in [6.45, 7) is 3.09. The van der Waals surface area contributed by atoms with Gasteiger partial charge in [-0.3, -0.25) is 0 Å². The molecule has 0 saturated carbocycles. The van der Waals surface area contributed by atoms with Gasteiger partial charge in [0.1, 0.15) is 0 Å². The summed E-state index contributed by atoms with van der Waals surface area (Å²) in [6.07, 6.45) is 4.69. The first-order valence-corrected chi connectivity index (χ1v) is 5.76. The maximum atomic E-state index is 5.94. The lowest BCUT2D eigenvalue weighted by atomic mass is 10.2. The summed E-state index contributed by atoms with van der Waals surface area (Å²) < 4.78 is 1.06. The second-order valence-electron chi connectivity index (χ2n) is 3.59. The number of aromatic nitrogens is 2. The Morgan fingerprint density at radius 2 is 2.14 bits per heavy atom. The lowest BCUT2D eigenvalue weighted by Gasteiger charge is -2.22. The molecule has 1 aromatic heterocycles. The first-order chi connectivity index (χ1) is 6.68. The van der Waals surface area contributed by atoms with Crippen LogP contribution in [0, 0.1) is 3.57 Å². The molecule has 1 fully saturated rings. The maximum Gasteiger partial charge on any atom is 0.225 e. The quantitative estimate of drug-likeness (QED) is 0.787. The zero-order valence-electron chi connectivity index (χ0n) is 8.02. The van der Waals surface area contributed by atoms with E-state index in [2.05, 4.69) is 44.4 Å². The van der Waals surface area contributed by atoms with E-state index in [9.17, 15) is 0 Å². The van der Waals surface area contributed by atoms with Gasteiger partial charge in [0.25, 0.3) is 0 Å². The van der Waals surface area contributed by atoms with Crippen molar-refractivity contribution >= 4 is 28.5 Å². The van der Waals surface area contributed by atoms with Crippen molar-refractivity contribution in [3.63, 3.8) is 0 Å². The van der Waals surface area contributed by atoms with Gasteiger partial charge in [-0.25, -0.2) is 9.97 Å². The Morgan fingerprint density at radius 3 is 2.64 bits per heavy atom. The SMILES string of the molecule is CC1C(N)CCN1c1ncc(I)cn1. The van der Waals surface area contributed by atoms with Crippen LogP contribution in [0.15, 0.2) is 12.4 Å². The Kier molecular flexibility index (Phi) is 2.87. The number of rotatable bonds is 1. The summed E-state index contributed by atoms with van der Waals surface area (Å²) in [7, 11) is 0. The third-order valence-electron chi connectivity index (χ3n) is 2.68. The average Bonchev–Trinajstić information content (AvgIpc) is 2.50. The highest BCUT2D eigenvalue weighted by Gasteiger charge is 2.29. The highest BCUT2D eigenvalue weighted by molar-refractivity contribution is 14.1. The predicted octanol–water partition coefficient (Wildman–Crippen LogP) is 1.01. The number of nitrogens with zero attached hydrogens (tertiary/aromatic N) is 3. The van der Waals surface area contributed by atoms with Crippen LogP contribution in [0.2, 0.25) is 0 Å². The summed E-state index contributed by atoms with van der Waals surface area (Å²) in [5.41, 5.74) is 5.94.